The first-order valence-electron chi connectivity index (χ1n) is 7.93. The number of thiazole rings is 1. The predicted octanol–water partition coefficient (Wildman–Crippen LogP) is 3.75. The topological polar surface area (TPSA) is 85.3 Å². The number of benzene rings is 1. The number of rotatable bonds is 4. The average molecular weight is 366 g/mol. The van der Waals surface area contributed by atoms with Crippen molar-refractivity contribution in [1.82, 2.24) is 10.3 Å². The van der Waals surface area contributed by atoms with E-state index in [2.05, 4.69) is 10.3 Å². The lowest BCUT2D eigenvalue weighted by atomic mass is 10.2. The van der Waals surface area contributed by atoms with Crippen LogP contribution >= 0.6 is 11.3 Å². The second-order valence-corrected chi connectivity index (χ2v) is 6.74. The lowest BCUT2D eigenvalue weighted by molar-refractivity contribution is 0.0924. The third-order valence-electron chi connectivity index (χ3n) is 3.89. The van der Waals surface area contributed by atoms with Crippen LogP contribution in [0.25, 0.3) is 21.7 Å². The molecule has 0 aliphatic carbocycles. The Kier molecular flexibility index (Phi) is 4.14. The van der Waals surface area contributed by atoms with E-state index in [-0.39, 0.29) is 11.2 Å². The zero-order valence-electron chi connectivity index (χ0n) is 13.8. The quantitative estimate of drug-likeness (QED) is 0.594. The van der Waals surface area contributed by atoms with Crippen LogP contribution in [0.3, 0.4) is 0 Å². The summed E-state index contributed by atoms with van der Waals surface area (Å²) in [6, 6.07) is 11.7. The molecule has 0 bridgehead atoms. The first kappa shape index (κ1) is 16.3. The number of furan rings is 1. The molecule has 4 rings (SSSR count). The van der Waals surface area contributed by atoms with Gasteiger partial charge in [0.1, 0.15) is 5.58 Å². The lowest BCUT2D eigenvalue weighted by Gasteiger charge is -2.04. The van der Waals surface area contributed by atoms with Gasteiger partial charge in [0.15, 0.2) is 22.0 Å². The summed E-state index contributed by atoms with van der Waals surface area (Å²) in [6.45, 7) is 2.17. The number of aromatic nitrogens is 1. The number of hydrogen-bond acceptors (Lipinski definition) is 6. The average Bonchev–Trinajstić information content (AvgIpc) is 3.29. The summed E-state index contributed by atoms with van der Waals surface area (Å²) in [7, 11) is 0. The van der Waals surface area contributed by atoms with E-state index in [1.807, 2.05) is 13.0 Å². The molecule has 1 N–H and O–H groups in total. The minimum atomic E-state index is -0.444. The van der Waals surface area contributed by atoms with E-state index in [9.17, 15) is 9.59 Å². The Morgan fingerprint density at radius 3 is 2.88 bits per heavy atom. The van der Waals surface area contributed by atoms with Crippen LogP contribution in [-0.4, -0.2) is 10.9 Å². The van der Waals surface area contributed by atoms with Crippen LogP contribution in [0.4, 0.5) is 0 Å². The van der Waals surface area contributed by atoms with Gasteiger partial charge in [0, 0.05) is 10.9 Å². The molecule has 26 heavy (non-hydrogen) atoms. The van der Waals surface area contributed by atoms with E-state index in [0.29, 0.717) is 23.3 Å². The summed E-state index contributed by atoms with van der Waals surface area (Å²) < 4.78 is 10.9. The largest absolute Gasteiger partial charge is 0.462 e. The van der Waals surface area contributed by atoms with Crippen molar-refractivity contribution in [3.05, 3.63) is 75.3 Å². The number of carbonyl (C=O) groups is 1. The molecular weight excluding hydrogens is 352 g/mol. The van der Waals surface area contributed by atoms with Gasteiger partial charge in [-0.2, -0.15) is 0 Å². The fourth-order valence-electron chi connectivity index (χ4n) is 2.56. The van der Waals surface area contributed by atoms with Gasteiger partial charge in [-0.3, -0.25) is 9.59 Å². The molecule has 1 amide bonds. The third-order valence-corrected chi connectivity index (χ3v) is 5.06. The van der Waals surface area contributed by atoms with Gasteiger partial charge in [0.05, 0.1) is 23.9 Å². The molecule has 3 heterocycles. The molecule has 4 aromatic rings. The van der Waals surface area contributed by atoms with E-state index in [1.165, 1.54) is 17.4 Å². The van der Waals surface area contributed by atoms with Gasteiger partial charge >= 0.3 is 0 Å². The van der Waals surface area contributed by atoms with Gasteiger partial charge in [-0.15, -0.1) is 11.3 Å². The highest BCUT2D eigenvalue weighted by Gasteiger charge is 2.15. The normalized spacial score (nSPS) is 11.0. The molecule has 130 valence electrons. The zero-order valence-corrected chi connectivity index (χ0v) is 14.6. The second-order valence-electron chi connectivity index (χ2n) is 5.66. The smallest absolute Gasteiger partial charge is 0.287 e. The Morgan fingerprint density at radius 2 is 2.08 bits per heavy atom. The number of nitrogens with zero attached hydrogens (tertiary/aromatic N) is 1. The van der Waals surface area contributed by atoms with Gasteiger partial charge in [-0.05, 0) is 31.2 Å². The van der Waals surface area contributed by atoms with E-state index in [0.717, 1.165) is 15.6 Å². The molecule has 0 radical (unpaired) electrons. The molecule has 0 aliphatic rings. The summed E-state index contributed by atoms with van der Waals surface area (Å²) in [6.07, 6.45) is 1.59. The summed E-state index contributed by atoms with van der Waals surface area (Å²) in [5.41, 5.74) is 0.965. The van der Waals surface area contributed by atoms with Crippen LogP contribution < -0.4 is 10.7 Å². The number of para-hydroxylation sites is 1. The van der Waals surface area contributed by atoms with Gasteiger partial charge in [0.25, 0.3) is 5.91 Å². The first-order chi connectivity index (χ1) is 12.6. The lowest BCUT2D eigenvalue weighted by Crippen LogP contribution is -2.23. The number of hydrogen-bond donors (Lipinski definition) is 1. The van der Waals surface area contributed by atoms with Crippen LogP contribution in [0.15, 0.2) is 62.4 Å². The summed E-state index contributed by atoms with van der Waals surface area (Å²) >= 11 is 1.45. The fraction of sp³-hybridized carbons (Fsp3) is 0.105. The van der Waals surface area contributed by atoms with E-state index >= 15 is 0 Å². The Balaban J connectivity index is 1.53. The number of aryl methyl sites for hydroxylation is 1. The third kappa shape index (κ3) is 3.04. The van der Waals surface area contributed by atoms with E-state index in [1.54, 1.807) is 36.6 Å². The highest BCUT2D eigenvalue weighted by Crippen LogP contribution is 2.28. The first-order valence-corrected chi connectivity index (χ1v) is 8.75. The monoisotopic (exact) mass is 366 g/mol. The maximum absolute atomic E-state index is 12.4. The molecule has 0 saturated carbocycles. The van der Waals surface area contributed by atoms with Crippen molar-refractivity contribution in [2.24, 2.45) is 0 Å². The van der Waals surface area contributed by atoms with Crippen LogP contribution in [0, 0.1) is 6.92 Å². The number of nitrogens with one attached hydrogen (secondary N) is 1. The minimum Gasteiger partial charge on any atom is -0.462 e. The predicted molar refractivity (Wildman–Crippen MR) is 98.2 cm³/mol. The van der Waals surface area contributed by atoms with Crippen molar-refractivity contribution in [2.45, 2.75) is 13.5 Å². The van der Waals surface area contributed by atoms with Gasteiger partial charge in [-0.1, -0.05) is 12.1 Å². The van der Waals surface area contributed by atoms with Crippen molar-refractivity contribution >= 4 is 28.2 Å². The summed E-state index contributed by atoms with van der Waals surface area (Å²) in [5.74, 6) is 0.235. The minimum absolute atomic E-state index is 0.0119. The fourth-order valence-corrected chi connectivity index (χ4v) is 3.53. The van der Waals surface area contributed by atoms with Crippen molar-refractivity contribution in [2.75, 3.05) is 0 Å². The van der Waals surface area contributed by atoms with Crippen molar-refractivity contribution in [3.8, 4) is 10.8 Å². The molecule has 1 aromatic carbocycles. The van der Waals surface area contributed by atoms with Gasteiger partial charge in [0.2, 0.25) is 0 Å². The molecule has 0 aliphatic heterocycles. The van der Waals surface area contributed by atoms with E-state index < -0.39 is 5.91 Å². The standard InChI is InChI=1S/C19H14N2O4S/c1-11-17(26-19(21-11)15-7-4-8-24-15)10-20-18(23)16-9-13(22)12-5-2-3-6-14(12)25-16/h2-9H,10H2,1H3,(H,20,23). The molecule has 0 fully saturated rings. The highest BCUT2D eigenvalue weighted by atomic mass is 32.1. The van der Waals surface area contributed by atoms with Crippen LogP contribution in [0.1, 0.15) is 21.1 Å². The van der Waals surface area contributed by atoms with E-state index in [4.69, 9.17) is 8.83 Å². The maximum atomic E-state index is 12.4. The summed E-state index contributed by atoms with van der Waals surface area (Å²) in [5, 5.41) is 3.98. The Bertz CT molecular complexity index is 1140. The van der Waals surface area contributed by atoms with Crippen LogP contribution in [0.2, 0.25) is 0 Å². The molecule has 0 unspecified atom stereocenters. The number of amides is 1. The van der Waals surface area contributed by atoms with Crippen LogP contribution in [0.5, 0.6) is 0 Å². The summed E-state index contributed by atoms with van der Waals surface area (Å²) in [4.78, 5) is 29.9. The van der Waals surface area contributed by atoms with Gasteiger partial charge in [-0.25, -0.2) is 4.98 Å². The maximum Gasteiger partial charge on any atom is 0.287 e. The highest BCUT2D eigenvalue weighted by molar-refractivity contribution is 7.15. The van der Waals surface area contributed by atoms with Gasteiger partial charge < -0.3 is 14.2 Å². The molecule has 0 spiro atoms. The molecule has 0 saturated heterocycles. The molecule has 3 aromatic heterocycles. The van der Waals surface area contributed by atoms with Crippen molar-refractivity contribution in [3.63, 3.8) is 0 Å². The zero-order chi connectivity index (χ0) is 18.1. The number of carbonyl (C=O) groups excluding carboxylic acids is 1. The number of fused-ring (bicyclic) bond motifs is 1. The molecule has 6 nitrogen and oxygen atoms in total. The SMILES string of the molecule is Cc1nc(-c2ccco2)sc1CNC(=O)c1cc(=O)c2ccccc2o1. The molecule has 0 atom stereocenters. The Hall–Kier alpha value is -3.19. The van der Waals surface area contributed by atoms with Crippen molar-refractivity contribution in [1.29, 1.82) is 0 Å². The van der Waals surface area contributed by atoms with Crippen LogP contribution in [-0.2, 0) is 6.54 Å². The Labute approximate surface area is 152 Å². The molecule has 7 heteroatoms. The molecular formula is C19H14N2O4S. The van der Waals surface area contributed by atoms with Crippen molar-refractivity contribution < 1.29 is 13.6 Å². The Morgan fingerprint density at radius 1 is 1.23 bits per heavy atom. The second kappa shape index (κ2) is 6.61.